The van der Waals surface area contributed by atoms with Crippen molar-refractivity contribution in [3.05, 3.63) is 120 Å². The van der Waals surface area contributed by atoms with Crippen molar-refractivity contribution in [1.82, 2.24) is 0 Å². The Morgan fingerprint density at radius 3 is 1.68 bits per heavy atom. The van der Waals surface area contributed by atoms with Gasteiger partial charge in [0.2, 0.25) is 0 Å². The van der Waals surface area contributed by atoms with E-state index in [0.29, 0.717) is 0 Å². The average Bonchev–Trinajstić information content (AvgIpc) is 2.74. The lowest BCUT2D eigenvalue weighted by Crippen LogP contribution is -2.17. The molecule has 138 valence electrons. The first-order chi connectivity index (χ1) is 13.7. The van der Waals surface area contributed by atoms with Crippen LogP contribution >= 0.6 is 7.92 Å². The molecule has 1 heteroatoms. The van der Waals surface area contributed by atoms with Crippen LogP contribution in [0.4, 0.5) is 0 Å². The van der Waals surface area contributed by atoms with Gasteiger partial charge in [0.1, 0.15) is 0 Å². The summed E-state index contributed by atoms with van der Waals surface area (Å²) in [5, 5.41) is 2.97. The van der Waals surface area contributed by atoms with Crippen LogP contribution in [0.5, 0.6) is 0 Å². The fourth-order valence-electron chi connectivity index (χ4n) is 3.70. The molecule has 0 saturated carbocycles. The van der Waals surface area contributed by atoms with E-state index in [4.69, 9.17) is 0 Å². The molecule has 4 aromatic rings. The lowest BCUT2D eigenvalue weighted by atomic mass is 10.0. The maximum atomic E-state index is 2.36. The zero-order valence-electron chi connectivity index (χ0n) is 16.5. The third-order valence-electron chi connectivity index (χ3n) is 5.19. The van der Waals surface area contributed by atoms with Crippen molar-refractivity contribution in [1.29, 1.82) is 0 Å². The van der Waals surface area contributed by atoms with Gasteiger partial charge in [-0.2, -0.15) is 0 Å². The van der Waals surface area contributed by atoms with Gasteiger partial charge >= 0.3 is 0 Å². The van der Waals surface area contributed by atoms with E-state index in [2.05, 4.69) is 117 Å². The van der Waals surface area contributed by atoms with Crippen LogP contribution in [-0.4, -0.2) is 0 Å². The SMILES string of the molecule is Cc1ccccc1P(Cc1cccc(-c2ccccc2)c1)c1ccccc1C. The predicted octanol–water partition coefficient (Wildman–Crippen LogP) is 6.60. The molecular formula is C27H25P. The number of benzene rings is 4. The molecule has 0 N–H and O–H groups in total. The Hall–Kier alpha value is -2.69. The molecule has 0 aliphatic carbocycles. The summed E-state index contributed by atoms with van der Waals surface area (Å²) in [6, 6.07) is 37.4. The minimum absolute atomic E-state index is 0.450. The van der Waals surface area contributed by atoms with Gasteiger partial charge in [-0.3, -0.25) is 0 Å². The minimum atomic E-state index is -0.450. The minimum Gasteiger partial charge on any atom is -0.0622 e. The molecule has 28 heavy (non-hydrogen) atoms. The van der Waals surface area contributed by atoms with Gasteiger partial charge in [0.05, 0.1) is 0 Å². The van der Waals surface area contributed by atoms with Crippen molar-refractivity contribution in [2.45, 2.75) is 20.0 Å². The second-order valence-corrected chi connectivity index (χ2v) is 9.36. The van der Waals surface area contributed by atoms with Gasteiger partial charge in [-0.05, 0) is 60.2 Å². The Labute approximate surface area is 169 Å². The fraction of sp³-hybridized carbons (Fsp3) is 0.111. The molecule has 0 bridgehead atoms. The van der Waals surface area contributed by atoms with Gasteiger partial charge in [0, 0.05) is 6.16 Å². The molecule has 0 spiro atoms. The quantitative estimate of drug-likeness (QED) is 0.342. The highest BCUT2D eigenvalue weighted by atomic mass is 31.1. The molecule has 4 aromatic carbocycles. The summed E-state index contributed by atoms with van der Waals surface area (Å²) < 4.78 is 0. The first-order valence-corrected chi connectivity index (χ1v) is 11.3. The molecular weight excluding hydrogens is 355 g/mol. The van der Waals surface area contributed by atoms with E-state index in [-0.39, 0.29) is 0 Å². The Kier molecular flexibility index (Phi) is 5.70. The van der Waals surface area contributed by atoms with E-state index in [9.17, 15) is 0 Å². The van der Waals surface area contributed by atoms with Gasteiger partial charge in [0.25, 0.3) is 0 Å². The monoisotopic (exact) mass is 380 g/mol. The van der Waals surface area contributed by atoms with E-state index < -0.39 is 7.92 Å². The van der Waals surface area contributed by atoms with Crippen molar-refractivity contribution in [3.8, 4) is 11.1 Å². The summed E-state index contributed by atoms with van der Waals surface area (Å²) in [5.41, 5.74) is 6.74. The standard InChI is InChI=1S/C27H25P/c1-21-11-6-8-17-26(21)28(27-18-9-7-12-22(27)2)20-23-13-10-16-25(19-23)24-14-4-3-5-15-24/h3-19H,20H2,1-2H3. The summed E-state index contributed by atoms with van der Waals surface area (Å²) in [6.07, 6.45) is 1.06. The van der Waals surface area contributed by atoms with E-state index in [1.54, 1.807) is 0 Å². The van der Waals surface area contributed by atoms with Crippen LogP contribution in [0.25, 0.3) is 11.1 Å². The lowest BCUT2D eigenvalue weighted by Gasteiger charge is -2.23. The Morgan fingerprint density at radius 2 is 1.07 bits per heavy atom. The largest absolute Gasteiger partial charge is 0.0622 e. The highest BCUT2D eigenvalue weighted by Crippen LogP contribution is 2.40. The van der Waals surface area contributed by atoms with Crippen molar-refractivity contribution in [2.24, 2.45) is 0 Å². The van der Waals surface area contributed by atoms with Crippen LogP contribution in [0.1, 0.15) is 16.7 Å². The summed E-state index contributed by atoms with van der Waals surface area (Å²) >= 11 is 0. The highest BCUT2D eigenvalue weighted by Gasteiger charge is 2.18. The highest BCUT2D eigenvalue weighted by molar-refractivity contribution is 7.72. The molecule has 0 aromatic heterocycles. The molecule has 0 unspecified atom stereocenters. The Morgan fingerprint density at radius 1 is 0.536 bits per heavy atom. The maximum Gasteiger partial charge on any atom is 0.000784 e. The van der Waals surface area contributed by atoms with Gasteiger partial charge in [-0.15, -0.1) is 0 Å². The van der Waals surface area contributed by atoms with Crippen LogP contribution in [0.15, 0.2) is 103 Å². The predicted molar refractivity (Wildman–Crippen MR) is 124 cm³/mol. The summed E-state index contributed by atoms with van der Waals surface area (Å²) in [4.78, 5) is 0. The molecule has 0 nitrogen and oxygen atoms in total. The number of hydrogen-bond acceptors (Lipinski definition) is 0. The van der Waals surface area contributed by atoms with Gasteiger partial charge in [-0.25, -0.2) is 0 Å². The van der Waals surface area contributed by atoms with E-state index in [0.717, 1.165) is 6.16 Å². The fourth-order valence-corrected chi connectivity index (χ4v) is 6.39. The van der Waals surface area contributed by atoms with Crippen LogP contribution in [0, 0.1) is 13.8 Å². The van der Waals surface area contributed by atoms with E-state index in [1.165, 1.54) is 38.4 Å². The summed E-state index contributed by atoms with van der Waals surface area (Å²) in [6.45, 7) is 4.48. The molecule has 0 heterocycles. The third kappa shape index (κ3) is 4.08. The molecule has 0 aliphatic heterocycles. The number of rotatable bonds is 5. The first-order valence-electron chi connectivity index (χ1n) is 9.75. The van der Waals surface area contributed by atoms with E-state index >= 15 is 0 Å². The lowest BCUT2D eigenvalue weighted by molar-refractivity contribution is 1.39. The second kappa shape index (κ2) is 8.55. The van der Waals surface area contributed by atoms with Crippen molar-refractivity contribution >= 4 is 18.5 Å². The van der Waals surface area contributed by atoms with Crippen LogP contribution in [-0.2, 0) is 6.16 Å². The maximum absolute atomic E-state index is 2.36. The summed E-state index contributed by atoms with van der Waals surface area (Å²) in [7, 11) is -0.450. The van der Waals surface area contributed by atoms with Gasteiger partial charge in [-0.1, -0.05) is 103 Å². The van der Waals surface area contributed by atoms with Gasteiger partial charge < -0.3 is 0 Å². The topological polar surface area (TPSA) is 0 Å². The Balaban J connectivity index is 1.75. The normalized spacial score (nSPS) is 11.0. The van der Waals surface area contributed by atoms with Crippen LogP contribution < -0.4 is 10.6 Å². The second-order valence-electron chi connectivity index (χ2n) is 7.23. The van der Waals surface area contributed by atoms with E-state index in [1.807, 2.05) is 0 Å². The zero-order chi connectivity index (χ0) is 19.3. The molecule has 0 atom stereocenters. The third-order valence-corrected chi connectivity index (χ3v) is 8.04. The van der Waals surface area contributed by atoms with Crippen LogP contribution in [0.3, 0.4) is 0 Å². The number of aryl methyl sites for hydroxylation is 2. The van der Waals surface area contributed by atoms with Crippen molar-refractivity contribution < 1.29 is 0 Å². The van der Waals surface area contributed by atoms with Gasteiger partial charge in [0.15, 0.2) is 0 Å². The van der Waals surface area contributed by atoms with Crippen molar-refractivity contribution in [3.63, 3.8) is 0 Å². The smallest absolute Gasteiger partial charge is 0.000784 e. The number of hydrogen-bond donors (Lipinski definition) is 0. The van der Waals surface area contributed by atoms with Crippen molar-refractivity contribution in [2.75, 3.05) is 0 Å². The molecule has 0 aliphatic rings. The Bertz CT molecular complexity index is 1020. The molecule has 0 radical (unpaired) electrons. The molecule has 0 saturated heterocycles. The summed E-state index contributed by atoms with van der Waals surface area (Å²) in [5.74, 6) is 0. The zero-order valence-corrected chi connectivity index (χ0v) is 17.4. The average molecular weight is 380 g/mol. The van der Waals surface area contributed by atoms with Crippen LogP contribution in [0.2, 0.25) is 0 Å². The molecule has 4 rings (SSSR count). The molecule has 0 amide bonds. The molecule has 0 fully saturated rings. The first kappa shape index (κ1) is 18.7.